The quantitative estimate of drug-likeness (QED) is 0.0473. The maximum atomic E-state index is 12.9. The lowest BCUT2D eigenvalue weighted by atomic mass is 10.0. The van der Waals surface area contributed by atoms with E-state index in [-0.39, 0.29) is 29.7 Å². The Kier molecular flexibility index (Phi) is 30.1. The first-order chi connectivity index (χ1) is 60.5. The van der Waals surface area contributed by atoms with Gasteiger partial charge >= 0.3 is 6.03 Å². The fourth-order valence-electron chi connectivity index (χ4n) is 14.9. The van der Waals surface area contributed by atoms with E-state index in [4.69, 9.17) is 4.52 Å². The van der Waals surface area contributed by atoms with Gasteiger partial charge in [0.15, 0.2) is 0 Å². The van der Waals surface area contributed by atoms with Crippen LogP contribution in [0.3, 0.4) is 0 Å². The topological polar surface area (TPSA) is 313 Å². The maximum Gasteiger partial charge on any atom is 0.321 e. The second-order valence-corrected chi connectivity index (χ2v) is 32.4. The van der Waals surface area contributed by atoms with E-state index < -0.39 is 0 Å². The zero-order valence-corrected chi connectivity index (χ0v) is 73.0. The molecule has 5 aromatic carbocycles. The maximum absolute atomic E-state index is 12.9. The molecule has 0 saturated carbocycles. The number of hydrogen-bond acceptors (Lipinski definition) is 23. The third-order valence-electron chi connectivity index (χ3n) is 22.4. The Morgan fingerprint density at radius 3 is 1.05 bits per heavy atom. The van der Waals surface area contributed by atoms with Crippen molar-refractivity contribution >= 4 is 98.3 Å². The van der Waals surface area contributed by atoms with Crippen molar-refractivity contribution in [3.05, 3.63) is 288 Å². The highest BCUT2D eigenvalue weighted by atomic mass is 16.5. The Bertz CT molecular complexity index is 5550. The summed E-state index contributed by atoms with van der Waals surface area (Å²) in [6.45, 7) is 35.6. The van der Waals surface area contributed by atoms with Gasteiger partial charge in [0.2, 0.25) is 0 Å². The number of piperazine rings is 4. The lowest BCUT2D eigenvalue weighted by molar-refractivity contribution is 0.101. The Morgan fingerprint density at radius 1 is 0.320 bits per heavy atom. The first kappa shape index (κ1) is 88.5. The van der Waals surface area contributed by atoms with Crippen LogP contribution in [-0.2, 0) is 0 Å². The van der Waals surface area contributed by atoms with Crippen molar-refractivity contribution in [2.45, 2.75) is 99.8 Å². The molecule has 4 fully saturated rings. The van der Waals surface area contributed by atoms with Gasteiger partial charge in [0, 0.05) is 184 Å². The highest BCUT2D eigenvalue weighted by Gasteiger charge is 2.29. The van der Waals surface area contributed by atoms with Gasteiger partial charge in [-0.05, 0) is 163 Å². The Labute approximate surface area is 731 Å². The molecule has 11 heterocycles. The molecule has 29 heteroatoms. The van der Waals surface area contributed by atoms with Crippen molar-refractivity contribution < 1.29 is 28.5 Å². The second kappa shape index (κ2) is 42.5. The molecule has 0 radical (unpaired) electrons. The summed E-state index contributed by atoms with van der Waals surface area (Å²) in [4.78, 5) is 120. The number of pyridine rings is 3. The summed E-state index contributed by atoms with van der Waals surface area (Å²) in [5.74, 6) is 4.08. The third-order valence-corrected chi connectivity index (χ3v) is 22.4. The molecular weight excluding hydrogens is 1570 g/mol. The van der Waals surface area contributed by atoms with Gasteiger partial charge in [-0.2, -0.15) is 0 Å². The van der Waals surface area contributed by atoms with Crippen LogP contribution in [0.25, 0.3) is 0 Å². The molecule has 12 aromatic rings. The summed E-state index contributed by atoms with van der Waals surface area (Å²) in [6.07, 6.45) is 25.2. The van der Waals surface area contributed by atoms with E-state index in [1.54, 1.807) is 112 Å². The number of hydrogen-bond donors (Lipinski definition) is 5. The normalized spacial score (nSPS) is 14.0. The largest absolute Gasteiger partial charge is 0.366 e. The molecule has 0 aliphatic carbocycles. The van der Waals surface area contributed by atoms with Crippen molar-refractivity contribution in [3.8, 4) is 0 Å². The van der Waals surface area contributed by atoms with E-state index in [9.17, 15) is 24.0 Å². The molecule has 29 nitrogen and oxygen atoms in total. The lowest BCUT2D eigenvalue weighted by Gasteiger charge is -2.37. The molecule has 4 aliphatic rings. The first-order valence-corrected chi connectivity index (χ1v) is 42.7. The minimum atomic E-state index is -0.217. The summed E-state index contributed by atoms with van der Waals surface area (Å²) in [7, 11) is 0. The molecule has 646 valence electrons. The van der Waals surface area contributed by atoms with Gasteiger partial charge in [0.25, 0.3) is 23.6 Å². The smallest absolute Gasteiger partial charge is 0.321 e. The van der Waals surface area contributed by atoms with E-state index in [1.165, 1.54) is 28.5 Å². The van der Waals surface area contributed by atoms with Crippen LogP contribution in [0.5, 0.6) is 0 Å². The van der Waals surface area contributed by atoms with Crippen LogP contribution in [0.4, 0.5) is 73.4 Å². The fourth-order valence-corrected chi connectivity index (χ4v) is 14.9. The minimum Gasteiger partial charge on any atom is -0.366 e. The van der Waals surface area contributed by atoms with E-state index in [1.807, 2.05) is 85.5 Å². The first-order valence-electron chi connectivity index (χ1n) is 42.7. The molecule has 0 bridgehead atoms. The number of amides is 6. The number of nitrogens with one attached hydrogen (secondary N) is 5. The van der Waals surface area contributed by atoms with Crippen LogP contribution in [0.15, 0.2) is 231 Å². The highest BCUT2D eigenvalue weighted by molar-refractivity contribution is 6.08. The average Bonchev–Trinajstić information content (AvgIpc) is 1.25. The Hall–Kier alpha value is -14.3. The zero-order valence-electron chi connectivity index (χ0n) is 73.0. The van der Waals surface area contributed by atoms with Gasteiger partial charge in [-0.1, -0.05) is 103 Å². The van der Waals surface area contributed by atoms with Crippen LogP contribution < -0.4 is 60.9 Å². The Morgan fingerprint density at radius 2 is 0.696 bits per heavy atom. The van der Waals surface area contributed by atoms with Crippen LogP contribution in [0.2, 0.25) is 0 Å². The lowest BCUT2D eigenvalue weighted by Crippen LogP contribution is -2.50. The van der Waals surface area contributed by atoms with Crippen LogP contribution in [0.1, 0.15) is 160 Å². The standard InChI is InChI=1S/C26H29N5O2.2C24H28N6O.C22H26N6O2/c1-19(2)20-10-11-23(29-25(32)21-7-6-12-27-18-21)24(17-20)30-13-15-31(16-14-30)26(33)28-22-8-4-3-5-9-22;1-17(2)19-4-5-21(28-24(31)20-12-18(3)14-26-15-20)22(13-19)29-8-10-30(11-9-29)23-16-25-6-7-27-23;1-17(2)19-6-7-21(28-24(31)20-5-4-18(3)27-15-20)22(14-19)29-10-12-30(13-11-29)23-16-25-8-9-26-23;1-15(2)17-4-5-19(26-22(29)18-13-25-30-16(18)3)20(12-17)27-8-10-28(11-9-27)21-14-23-6-7-24-21/h3-12,17-19H,13-16H2,1-2H3,(H,28,33)(H,29,32);4-7,12-17H,8-11H2,1-3H3,(H,28,31);4-9,14-17H,10-13H2,1-3H3,(H,28,31);4-7,12-15H,8-11H2,1-3H3,(H,26,29). The minimum absolute atomic E-state index is 0.0955. The zero-order chi connectivity index (χ0) is 87.9. The van der Waals surface area contributed by atoms with Gasteiger partial charge in [-0.25, -0.2) is 19.7 Å². The average molecular weight is 1680 g/mol. The van der Waals surface area contributed by atoms with Crippen LogP contribution >= 0.6 is 0 Å². The molecule has 125 heavy (non-hydrogen) atoms. The summed E-state index contributed by atoms with van der Waals surface area (Å²) in [5, 5.41) is 18.9. The number of anilines is 12. The SMILES string of the molecule is CC(C)c1ccc(NC(=O)c2cccnc2)c(N2CCN(C(=O)Nc3ccccc3)CC2)c1.Cc1ccc(C(=O)Nc2ccc(C(C)C)cc2N2CCN(c3cnccn3)CC2)cn1.Cc1cncc(C(=O)Nc2ccc(C(C)C)cc2N2CCN(c3cnccn3)CC2)c1.Cc1oncc1C(=O)Nc1ccc(C(C)C)cc1N1CCN(c2cnccn2)CC1. The van der Waals surface area contributed by atoms with Crippen molar-refractivity contribution in [3.63, 3.8) is 0 Å². The third kappa shape index (κ3) is 23.7. The van der Waals surface area contributed by atoms with E-state index in [0.717, 1.165) is 158 Å². The number of benzene rings is 5. The van der Waals surface area contributed by atoms with Crippen molar-refractivity contribution in [2.24, 2.45) is 0 Å². The molecular formula is C96H111N23O6. The fraction of sp³-hybridized carbons (Fsp3) is 0.323. The summed E-state index contributed by atoms with van der Waals surface area (Å²) in [5.41, 5.74) is 17.0. The number of aromatic nitrogens is 10. The predicted octanol–water partition coefficient (Wildman–Crippen LogP) is 16.1. The van der Waals surface area contributed by atoms with E-state index in [0.29, 0.717) is 77.9 Å². The molecule has 0 spiro atoms. The van der Waals surface area contributed by atoms with Gasteiger partial charge in [-0.15, -0.1) is 0 Å². The van der Waals surface area contributed by atoms with Crippen molar-refractivity contribution in [1.29, 1.82) is 0 Å². The molecule has 16 rings (SSSR count). The van der Waals surface area contributed by atoms with Gasteiger partial charge in [-0.3, -0.25) is 49.1 Å². The summed E-state index contributed by atoms with van der Waals surface area (Å²) in [6, 6.07) is 43.4. The van der Waals surface area contributed by atoms with Gasteiger partial charge < -0.3 is 70.3 Å². The van der Waals surface area contributed by atoms with Crippen molar-refractivity contribution in [1.82, 2.24) is 54.9 Å². The molecule has 0 atom stereocenters. The van der Waals surface area contributed by atoms with E-state index >= 15 is 0 Å². The number of nitrogens with zero attached hydrogens (tertiary/aromatic N) is 18. The second-order valence-electron chi connectivity index (χ2n) is 32.4. The molecule has 6 amide bonds. The van der Waals surface area contributed by atoms with Gasteiger partial charge in [0.1, 0.15) is 28.8 Å². The molecule has 4 saturated heterocycles. The summed E-state index contributed by atoms with van der Waals surface area (Å²) < 4.78 is 5.04. The van der Waals surface area contributed by atoms with Crippen LogP contribution in [0, 0.1) is 20.8 Å². The number of rotatable bonds is 20. The van der Waals surface area contributed by atoms with E-state index in [2.05, 4.69) is 215 Å². The predicted molar refractivity (Wildman–Crippen MR) is 496 cm³/mol. The number of para-hydroxylation sites is 1. The molecule has 0 unspecified atom stereocenters. The molecule has 7 aromatic heterocycles. The number of carbonyl (C=O) groups is 5. The van der Waals surface area contributed by atoms with Crippen molar-refractivity contribution in [2.75, 3.05) is 166 Å². The van der Waals surface area contributed by atoms with Crippen LogP contribution in [-0.4, -0.2) is 189 Å². The molecule has 4 aliphatic heterocycles. The molecule has 5 N–H and O–H groups in total. The highest BCUT2D eigenvalue weighted by Crippen LogP contribution is 2.37. The number of urea groups is 1. The number of aryl methyl sites for hydroxylation is 3. The monoisotopic (exact) mass is 1680 g/mol. The van der Waals surface area contributed by atoms with Gasteiger partial charge in [0.05, 0.1) is 87.0 Å². The number of carbonyl (C=O) groups excluding carboxylic acids is 5. The Balaban J connectivity index is 0.000000143. The summed E-state index contributed by atoms with van der Waals surface area (Å²) >= 11 is 0.